The molecule has 3 N–H and O–H groups in total. The first kappa shape index (κ1) is 12.6. The zero-order valence-electron chi connectivity index (χ0n) is 9.87. The SMILES string of the molecule is Nc1ccc(NC(=O)c2ccccc2)c([N+](=O)[O-])c1. The van der Waals surface area contributed by atoms with Crippen LogP contribution in [0.15, 0.2) is 48.5 Å². The van der Waals surface area contributed by atoms with Crippen molar-refractivity contribution in [2.45, 2.75) is 0 Å². The monoisotopic (exact) mass is 257 g/mol. The van der Waals surface area contributed by atoms with E-state index in [0.29, 0.717) is 5.56 Å². The fourth-order valence-electron chi connectivity index (χ4n) is 1.59. The van der Waals surface area contributed by atoms with Gasteiger partial charge in [-0.3, -0.25) is 14.9 Å². The van der Waals surface area contributed by atoms with Crippen LogP contribution in [0.4, 0.5) is 17.1 Å². The third-order valence-corrected chi connectivity index (χ3v) is 2.50. The third kappa shape index (κ3) is 2.86. The predicted molar refractivity (Wildman–Crippen MR) is 71.9 cm³/mol. The van der Waals surface area contributed by atoms with Gasteiger partial charge in [0, 0.05) is 17.3 Å². The number of benzene rings is 2. The van der Waals surface area contributed by atoms with Crippen LogP contribution in [0, 0.1) is 10.1 Å². The standard InChI is InChI=1S/C13H11N3O3/c14-10-6-7-11(12(8-10)16(18)19)15-13(17)9-4-2-1-3-5-9/h1-8H,14H2,(H,15,17). The molecule has 2 rings (SSSR count). The molecule has 0 radical (unpaired) electrons. The van der Waals surface area contributed by atoms with E-state index in [4.69, 9.17) is 5.73 Å². The van der Waals surface area contributed by atoms with Crippen molar-refractivity contribution >= 4 is 23.0 Å². The van der Waals surface area contributed by atoms with Crippen molar-refractivity contribution in [2.24, 2.45) is 0 Å². The van der Waals surface area contributed by atoms with Gasteiger partial charge in [-0.15, -0.1) is 0 Å². The quantitative estimate of drug-likeness (QED) is 0.501. The molecule has 96 valence electrons. The molecule has 0 aliphatic rings. The first-order valence-electron chi connectivity index (χ1n) is 5.48. The van der Waals surface area contributed by atoms with Crippen molar-refractivity contribution in [3.63, 3.8) is 0 Å². The van der Waals surface area contributed by atoms with E-state index < -0.39 is 10.8 Å². The van der Waals surface area contributed by atoms with Gasteiger partial charge in [0.2, 0.25) is 0 Å². The summed E-state index contributed by atoms with van der Waals surface area (Å²) < 4.78 is 0. The number of hydrogen-bond acceptors (Lipinski definition) is 4. The fourth-order valence-corrected chi connectivity index (χ4v) is 1.59. The number of amides is 1. The molecule has 0 heterocycles. The van der Waals surface area contributed by atoms with Gasteiger partial charge in [-0.1, -0.05) is 18.2 Å². The van der Waals surface area contributed by atoms with Crippen LogP contribution in [0.5, 0.6) is 0 Å². The highest BCUT2D eigenvalue weighted by atomic mass is 16.6. The van der Waals surface area contributed by atoms with Crippen LogP contribution < -0.4 is 11.1 Å². The number of rotatable bonds is 3. The highest BCUT2D eigenvalue weighted by Gasteiger charge is 2.16. The lowest BCUT2D eigenvalue weighted by Gasteiger charge is -2.06. The van der Waals surface area contributed by atoms with Gasteiger partial charge in [0.1, 0.15) is 5.69 Å². The summed E-state index contributed by atoms with van der Waals surface area (Å²) in [5.74, 6) is -0.409. The number of nitrogens with two attached hydrogens (primary N) is 1. The molecule has 6 heteroatoms. The number of nitrogen functional groups attached to an aromatic ring is 1. The Balaban J connectivity index is 2.29. The van der Waals surface area contributed by atoms with E-state index in [-0.39, 0.29) is 17.1 Å². The number of nitrogens with one attached hydrogen (secondary N) is 1. The normalized spacial score (nSPS) is 9.89. The maximum absolute atomic E-state index is 11.9. The summed E-state index contributed by atoms with van der Waals surface area (Å²) in [7, 11) is 0. The Morgan fingerprint density at radius 1 is 1.16 bits per heavy atom. The van der Waals surface area contributed by atoms with E-state index in [1.807, 2.05) is 0 Å². The molecule has 2 aromatic carbocycles. The van der Waals surface area contributed by atoms with Crippen molar-refractivity contribution in [1.29, 1.82) is 0 Å². The second kappa shape index (κ2) is 5.18. The molecule has 19 heavy (non-hydrogen) atoms. The van der Waals surface area contributed by atoms with Crippen LogP contribution in [0.25, 0.3) is 0 Å². The average molecular weight is 257 g/mol. The molecule has 0 bridgehead atoms. The van der Waals surface area contributed by atoms with Gasteiger partial charge >= 0.3 is 0 Å². The second-order valence-electron chi connectivity index (χ2n) is 3.85. The maximum atomic E-state index is 11.9. The van der Waals surface area contributed by atoms with Crippen LogP contribution >= 0.6 is 0 Å². The maximum Gasteiger partial charge on any atom is 0.294 e. The predicted octanol–water partition coefficient (Wildman–Crippen LogP) is 2.43. The van der Waals surface area contributed by atoms with E-state index in [1.54, 1.807) is 30.3 Å². The molecule has 0 aliphatic carbocycles. The van der Waals surface area contributed by atoms with Crippen molar-refractivity contribution in [1.82, 2.24) is 0 Å². The van der Waals surface area contributed by atoms with Crippen LogP contribution in [0.1, 0.15) is 10.4 Å². The third-order valence-electron chi connectivity index (χ3n) is 2.50. The summed E-state index contributed by atoms with van der Waals surface area (Å²) >= 11 is 0. The number of carbonyl (C=O) groups excluding carboxylic acids is 1. The summed E-state index contributed by atoms with van der Waals surface area (Å²) in [6.45, 7) is 0. The van der Waals surface area contributed by atoms with Crippen LogP contribution in [-0.4, -0.2) is 10.8 Å². The highest BCUT2D eigenvalue weighted by Crippen LogP contribution is 2.26. The largest absolute Gasteiger partial charge is 0.399 e. The Morgan fingerprint density at radius 2 is 1.84 bits per heavy atom. The van der Waals surface area contributed by atoms with Gasteiger partial charge in [-0.2, -0.15) is 0 Å². The minimum absolute atomic E-state index is 0.119. The lowest BCUT2D eigenvalue weighted by Crippen LogP contribution is -2.13. The molecule has 2 aromatic rings. The molecule has 0 unspecified atom stereocenters. The number of nitro groups is 1. The van der Waals surface area contributed by atoms with Crippen LogP contribution in [0.3, 0.4) is 0 Å². The van der Waals surface area contributed by atoms with Gasteiger partial charge in [0.25, 0.3) is 11.6 Å². The molecular formula is C13H11N3O3. The van der Waals surface area contributed by atoms with Crippen molar-refractivity contribution in [2.75, 3.05) is 11.1 Å². The molecule has 0 saturated heterocycles. The molecular weight excluding hydrogens is 246 g/mol. The highest BCUT2D eigenvalue weighted by molar-refractivity contribution is 6.05. The number of nitro benzene ring substituents is 1. The van der Waals surface area contributed by atoms with Gasteiger partial charge in [0.15, 0.2) is 0 Å². The van der Waals surface area contributed by atoms with E-state index in [9.17, 15) is 14.9 Å². The first-order chi connectivity index (χ1) is 9.08. The Bertz CT molecular complexity index is 626. The molecule has 0 fully saturated rings. The fraction of sp³-hybridized carbons (Fsp3) is 0. The number of carbonyl (C=O) groups is 1. The Kier molecular flexibility index (Phi) is 3.42. The van der Waals surface area contributed by atoms with Crippen LogP contribution in [0.2, 0.25) is 0 Å². The summed E-state index contributed by atoms with van der Waals surface area (Å²) in [4.78, 5) is 22.2. The zero-order valence-corrected chi connectivity index (χ0v) is 9.87. The topological polar surface area (TPSA) is 98.3 Å². The van der Waals surface area contributed by atoms with Crippen molar-refractivity contribution < 1.29 is 9.72 Å². The molecule has 1 amide bonds. The lowest BCUT2D eigenvalue weighted by atomic mass is 10.2. The Labute approximate surface area is 109 Å². The Morgan fingerprint density at radius 3 is 2.47 bits per heavy atom. The van der Waals surface area contributed by atoms with E-state index in [0.717, 1.165) is 0 Å². The van der Waals surface area contributed by atoms with Gasteiger partial charge in [-0.25, -0.2) is 0 Å². The van der Waals surface area contributed by atoms with Crippen molar-refractivity contribution in [3.8, 4) is 0 Å². The molecule has 6 nitrogen and oxygen atoms in total. The molecule has 0 aromatic heterocycles. The van der Waals surface area contributed by atoms with E-state index >= 15 is 0 Å². The summed E-state index contributed by atoms with van der Waals surface area (Å²) in [6, 6.07) is 12.6. The summed E-state index contributed by atoms with van der Waals surface area (Å²) in [6.07, 6.45) is 0. The van der Waals surface area contributed by atoms with Crippen LogP contribution in [-0.2, 0) is 0 Å². The first-order valence-corrected chi connectivity index (χ1v) is 5.48. The number of hydrogen-bond donors (Lipinski definition) is 2. The van der Waals surface area contributed by atoms with Gasteiger partial charge in [0.05, 0.1) is 4.92 Å². The van der Waals surface area contributed by atoms with E-state index in [2.05, 4.69) is 5.32 Å². The van der Waals surface area contributed by atoms with Gasteiger partial charge in [-0.05, 0) is 24.3 Å². The lowest BCUT2D eigenvalue weighted by molar-refractivity contribution is -0.383. The zero-order chi connectivity index (χ0) is 13.8. The van der Waals surface area contributed by atoms with E-state index in [1.165, 1.54) is 18.2 Å². The minimum atomic E-state index is -0.586. The summed E-state index contributed by atoms with van der Waals surface area (Å²) in [5, 5.41) is 13.4. The summed E-state index contributed by atoms with van der Waals surface area (Å²) in [5.41, 5.74) is 6.07. The minimum Gasteiger partial charge on any atom is -0.399 e. The molecule has 0 aliphatic heterocycles. The second-order valence-corrected chi connectivity index (χ2v) is 3.85. The number of nitrogens with zero attached hydrogens (tertiary/aromatic N) is 1. The van der Waals surface area contributed by atoms with Crippen molar-refractivity contribution in [3.05, 3.63) is 64.2 Å². The molecule has 0 atom stereocenters. The smallest absolute Gasteiger partial charge is 0.294 e. The molecule has 0 saturated carbocycles. The Hall–Kier alpha value is -2.89. The van der Waals surface area contributed by atoms with Gasteiger partial charge < -0.3 is 11.1 Å². The number of anilines is 2. The molecule has 0 spiro atoms. The average Bonchev–Trinajstić information content (AvgIpc) is 2.41.